The van der Waals surface area contributed by atoms with Gasteiger partial charge in [-0.25, -0.2) is 0 Å². The van der Waals surface area contributed by atoms with Crippen molar-refractivity contribution < 1.29 is 0 Å². The number of benzene rings is 2. The van der Waals surface area contributed by atoms with E-state index in [2.05, 4.69) is 56.4 Å². The van der Waals surface area contributed by atoms with Crippen molar-refractivity contribution in [3.63, 3.8) is 0 Å². The third-order valence-electron chi connectivity index (χ3n) is 3.05. The Hall–Kier alpha value is -1.80. The lowest BCUT2D eigenvalue weighted by atomic mass is 9.96. The topological polar surface area (TPSA) is 38.0 Å². The second kappa shape index (κ2) is 7.59. The maximum atomic E-state index is 5.81. The molecular weight excluding hydrogens is 232 g/mol. The fourth-order valence-corrected chi connectivity index (χ4v) is 1.80. The zero-order chi connectivity index (χ0) is 14.3. The van der Waals surface area contributed by atoms with Gasteiger partial charge >= 0.3 is 0 Å². The van der Waals surface area contributed by atoms with E-state index >= 15 is 0 Å². The van der Waals surface area contributed by atoms with Gasteiger partial charge in [0.05, 0.1) is 0 Å². The first-order valence-electron chi connectivity index (χ1n) is 6.66. The van der Waals surface area contributed by atoms with Crippen molar-refractivity contribution >= 4 is 5.69 Å². The van der Waals surface area contributed by atoms with Crippen LogP contribution in [0.5, 0.6) is 0 Å². The molecule has 0 fully saturated rings. The lowest BCUT2D eigenvalue weighted by Gasteiger charge is -2.09. The van der Waals surface area contributed by atoms with Crippen molar-refractivity contribution in [2.45, 2.75) is 20.8 Å². The van der Waals surface area contributed by atoms with Crippen LogP contribution in [-0.4, -0.2) is 13.6 Å². The highest BCUT2D eigenvalue weighted by atomic mass is 14.8. The zero-order valence-corrected chi connectivity index (χ0v) is 12.3. The number of anilines is 1. The molecule has 0 saturated heterocycles. The van der Waals surface area contributed by atoms with E-state index in [-0.39, 0.29) is 0 Å². The number of aryl methyl sites for hydroxylation is 2. The number of nitrogens with two attached hydrogens (primary N) is 1. The van der Waals surface area contributed by atoms with Gasteiger partial charge in [0.15, 0.2) is 0 Å². The maximum absolute atomic E-state index is 5.81. The number of nitrogens with one attached hydrogen (secondary N) is 1. The van der Waals surface area contributed by atoms with Gasteiger partial charge in [-0.05, 0) is 61.8 Å². The molecule has 0 heterocycles. The smallest absolute Gasteiger partial charge is 0.0320 e. The Balaban J connectivity index is 0.000000399. The van der Waals surface area contributed by atoms with E-state index in [9.17, 15) is 0 Å². The van der Waals surface area contributed by atoms with E-state index in [1.54, 1.807) is 0 Å². The predicted octanol–water partition coefficient (Wildman–Crippen LogP) is 3.78. The first-order valence-corrected chi connectivity index (χ1v) is 6.66. The van der Waals surface area contributed by atoms with E-state index in [1.165, 1.54) is 22.3 Å². The fraction of sp³-hybridized carbons (Fsp3) is 0.294. The van der Waals surface area contributed by atoms with Gasteiger partial charge in [0.1, 0.15) is 0 Å². The Morgan fingerprint density at radius 2 is 1.53 bits per heavy atom. The molecule has 0 saturated carbocycles. The summed E-state index contributed by atoms with van der Waals surface area (Å²) in [6.45, 7) is 7.37. The second-order valence-corrected chi connectivity index (χ2v) is 4.60. The SMILES string of the molecule is CCNC.Cc1ccccc1-c1cc(N)ccc1C. The zero-order valence-electron chi connectivity index (χ0n) is 12.3. The maximum Gasteiger partial charge on any atom is 0.0320 e. The minimum Gasteiger partial charge on any atom is -0.399 e. The minimum atomic E-state index is 0.818. The van der Waals surface area contributed by atoms with Crippen LogP contribution in [0.15, 0.2) is 42.5 Å². The summed E-state index contributed by atoms with van der Waals surface area (Å²) in [6.07, 6.45) is 0. The summed E-state index contributed by atoms with van der Waals surface area (Å²) in [7, 11) is 1.93. The minimum absolute atomic E-state index is 0.818. The molecule has 0 amide bonds. The monoisotopic (exact) mass is 256 g/mol. The molecule has 2 heteroatoms. The van der Waals surface area contributed by atoms with Crippen LogP contribution in [0.1, 0.15) is 18.1 Å². The van der Waals surface area contributed by atoms with Crippen LogP contribution in [0.25, 0.3) is 11.1 Å². The normalized spacial score (nSPS) is 9.68. The quantitative estimate of drug-likeness (QED) is 0.803. The highest BCUT2D eigenvalue weighted by Gasteiger charge is 2.04. The number of hydrogen-bond acceptors (Lipinski definition) is 2. The molecule has 0 aliphatic heterocycles. The molecule has 0 bridgehead atoms. The molecular formula is C17H24N2. The Kier molecular flexibility index (Phi) is 6.10. The summed E-state index contributed by atoms with van der Waals surface area (Å²) < 4.78 is 0. The van der Waals surface area contributed by atoms with Gasteiger partial charge in [-0.3, -0.25) is 0 Å². The second-order valence-electron chi connectivity index (χ2n) is 4.60. The summed E-state index contributed by atoms with van der Waals surface area (Å²) in [4.78, 5) is 0. The van der Waals surface area contributed by atoms with Gasteiger partial charge in [-0.2, -0.15) is 0 Å². The highest BCUT2D eigenvalue weighted by Crippen LogP contribution is 2.27. The molecule has 3 N–H and O–H groups in total. The Morgan fingerprint density at radius 3 is 2.11 bits per heavy atom. The van der Waals surface area contributed by atoms with Crippen molar-refractivity contribution in [1.82, 2.24) is 5.32 Å². The first kappa shape index (κ1) is 15.3. The van der Waals surface area contributed by atoms with E-state index in [0.29, 0.717) is 0 Å². The molecule has 2 aromatic carbocycles. The van der Waals surface area contributed by atoms with Crippen LogP contribution in [0.3, 0.4) is 0 Å². The molecule has 19 heavy (non-hydrogen) atoms. The lowest BCUT2D eigenvalue weighted by Crippen LogP contribution is -2.01. The third-order valence-corrected chi connectivity index (χ3v) is 3.05. The van der Waals surface area contributed by atoms with Gasteiger partial charge in [0.25, 0.3) is 0 Å². The van der Waals surface area contributed by atoms with Crippen LogP contribution in [0, 0.1) is 13.8 Å². The van der Waals surface area contributed by atoms with Crippen LogP contribution < -0.4 is 11.1 Å². The van der Waals surface area contributed by atoms with Gasteiger partial charge in [0.2, 0.25) is 0 Å². The van der Waals surface area contributed by atoms with Gasteiger partial charge in [-0.15, -0.1) is 0 Å². The molecule has 0 atom stereocenters. The fourth-order valence-electron chi connectivity index (χ4n) is 1.80. The molecule has 0 spiro atoms. The van der Waals surface area contributed by atoms with Crippen LogP contribution >= 0.6 is 0 Å². The Bertz CT molecular complexity index is 516. The van der Waals surface area contributed by atoms with Gasteiger partial charge in [-0.1, -0.05) is 37.3 Å². The molecule has 102 valence electrons. The summed E-state index contributed by atoms with van der Waals surface area (Å²) in [5.74, 6) is 0. The Labute approximate surface area is 116 Å². The van der Waals surface area contributed by atoms with Gasteiger partial charge < -0.3 is 11.1 Å². The van der Waals surface area contributed by atoms with Crippen molar-refractivity contribution in [2.24, 2.45) is 0 Å². The van der Waals surface area contributed by atoms with Crippen molar-refractivity contribution in [2.75, 3.05) is 19.3 Å². The average molecular weight is 256 g/mol. The molecule has 0 unspecified atom stereocenters. The Morgan fingerprint density at radius 1 is 0.947 bits per heavy atom. The summed E-state index contributed by atoms with van der Waals surface area (Å²) in [5.41, 5.74) is 11.7. The van der Waals surface area contributed by atoms with Crippen LogP contribution in [-0.2, 0) is 0 Å². The number of rotatable bonds is 2. The average Bonchev–Trinajstić information content (AvgIpc) is 2.43. The predicted molar refractivity (Wildman–Crippen MR) is 85.4 cm³/mol. The first-order chi connectivity index (χ1) is 9.10. The lowest BCUT2D eigenvalue weighted by molar-refractivity contribution is 0.864. The van der Waals surface area contributed by atoms with Crippen molar-refractivity contribution in [3.05, 3.63) is 53.6 Å². The molecule has 2 nitrogen and oxygen atoms in total. The third kappa shape index (κ3) is 4.42. The highest BCUT2D eigenvalue weighted by molar-refractivity contribution is 5.73. The number of hydrogen-bond donors (Lipinski definition) is 2. The van der Waals surface area contributed by atoms with E-state index in [1.807, 2.05) is 19.2 Å². The molecule has 0 aliphatic rings. The molecule has 0 aromatic heterocycles. The van der Waals surface area contributed by atoms with E-state index < -0.39 is 0 Å². The largest absolute Gasteiger partial charge is 0.399 e. The van der Waals surface area contributed by atoms with Crippen molar-refractivity contribution in [3.8, 4) is 11.1 Å². The van der Waals surface area contributed by atoms with Gasteiger partial charge in [0, 0.05) is 5.69 Å². The summed E-state index contributed by atoms with van der Waals surface area (Å²) in [6, 6.07) is 14.4. The standard InChI is InChI=1S/C14H15N.C3H9N/c1-10-5-3-4-6-13(10)14-9-12(15)8-7-11(14)2;1-3-4-2/h3-9H,15H2,1-2H3;4H,3H2,1-2H3. The summed E-state index contributed by atoms with van der Waals surface area (Å²) in [5, 5.41) is 2.93. The molecule has 0 aliphatic carbocycles. The van der Waals surface area contributed by atoms with Crippen LogP contribution in [0.4, 0.5) is 5.69 Å². The van der Waals surface area contributed by atoms with E-state index in [4.69, 9.17) is 5.73 Å². The molecule has 0 radical (unpaired) electrons. The molecule has 2 rings (SSSR count). The summed E-state index contributed by atoms with van der Waals surface area (Å²) >= 11 is 0. The number of nitrogen functional groups attached to an aromatic ring is 1. The van der Waals surface area contributed by atoms with E-state index in [0.717, 1.165) is 12.2 Å². The van der Waals surface area contributed by atoms with Crippen molar-refractivity contribution in [1.29, 1.82) is 0 Å². The van der Waals surface area contributed by atoms with Crippen LogP contribution in [0.2, 0.25) is 0 Å². The molecule has 2 aromatic rings.